The van der Waals surface area contributed by atoms with Crippen molar-refractivity contribution in [3.05, 3.63) is 42.0 Å². The predicted octanol–water partition coefficient (Wildman–Crippen LogP) is 2.65. The lowest BCUT2D eigenvalue weighted by Gasteiger charge is -2.03. The van der Waals surface area contributed by atoms with E-state index in [2.05, 4.69) is 9.97 Å². The van der Waals surface area contributed by atoms with Gasteiger partial charge in [0.15, 0.2) is 9.84 Å². The molecule has 0 fully saturated rings. The van der Waals surface area contributed by atoms with Crippen molar-refractivity contribution in [3.8, 4) is 17.1 Å². The number of fused-ring (bicyclic) bond motifs is 1. The summed E-state index contributed by atoms with van der Waals surface area (Å²) < 4.78 is 23.6. The van der Waals surface area contributed by atoms with Crippen LogP contribution in [0.2, 0.25) is 0 Å². The lowest BCUT2D eigenvalue weighted by atomic mass is 10.1. The van der Waals surface area contributed by atoms with Gasteiger partial charge in [0.2, 0.25) is 0 Å². The Labute approximate surface area is 122 Å². The van der Waals surface area contributed by atoms with Gasteiger partial charge in [-0.3, -0.25) is 0 Å². The van der Waals surface area contributed by atoms with E-state index in [1.54, 1.807) is 31.2 Å². The summed E-state index contributed by atoms with van der Waals surface area (Å²) in [6, 6.07) is 10.3. The summed E-state index contributed by atoms with van der Waals surface area (Å²) in [5, 5.41) is 10.1. The van der Waals surface area contributed by atoms with Gasteiger partial charge in [-0.15, -0.1) is 0 Å². The number of aromatic hydroxyl groups is 1. The Hall–Kier alpha value is -2.34. The minimum absolute atomic E-state index is 0.137. The molecular weight excluding hydrogens is 288 g/mol. The third kappa shape index (κ3) is 2.27. The smallest absolute Gasteiger partial charge is 0.177 e. The monoisotopic (exact) mass is 302 g/mol. The quantitative estimate of drug-likeness (QED) is 0.762. The Kier molecular flexibility index (Phi) is 2.98. The maximum Gasteiger partial charge on any atom is 0.177 e. The maximum absolute atomic E-state index is 11.8. The first-order chi connectivity index (χ1) is 9.88. The number of hydrogen-bond donors (Lipinski definition) is 2. The number of aryl methyl sites for hydroxylation is 1. The molecule has 1 heterocycles. The summed E-state index contributed by atoms with van der Waals surface area (Å²) in [5.41, 5.74) is 2.28. The normalized spacial score (nSPS) is 11.9. The Morgan fingerprint density at radius 3 is 2.57 bits per heavy atom. The molecule has 3 aromatic rings. The van der Waals surface area contributed by atoms with Crippen LogP contribution in [0.25, 0.3) is 22.4 Å². The summed E-state index contributed by atoms with van der Waals surface area (Å²) in [5.74, 6) is 0.583. The third-order valence-electron chi connectivity index (χ3n) is 3.37. The Balaban J connectivity index is 2.30. The summed E-state index contributed by atoms with van der Waals surface area (Å²) in [6.45, 7) is 1.80. The molecule has 0 saturated heterocycles. The fourth-order valence-electron chi connectivity index (χ4n) is 2.28. The summed E-state index contributed by atoms with van der Waals surface area (Å²) in [4.78, 5) is 7.59. The Bertz CT molecular complexity index is 943. The van der Waals surface area contributed by atoms with Gasteiger partial charge in [0.1, 0.15) is 17.1 Å². The van der Waals surface area contributed by atoms with E-state index in [1.165, 1.54) is 6.07 Å². The van der Waals surface area contributed by atoms with Gasteiger partial charge >= 0.3 is 0 Å². The number of phenols is 1. The number of aromatic nitrogens is 2. The number of benzene rings is 2. The molecule has 0 amide bonds. The highest BCUT2D eigenvalue weighted by molar-refractivity contribution is 7.91. The maximum atomic E-state index is 11.8. The van der Waals surface area contributed by atoms with E-state index < -0.39 is 9.84 Å². The number of phenolic OH excluding ortho intramolecular Hbond substituents is 1. The first kappa shape index (κ1) is 13.6. The number of rotatable bonds is 2. The highest BCUT2D eigenvalue weighted by atomic mass is 32.2. The van der Waals surface area contributed by atoms with Crippen molar-refractivity contribution in [3.63, 3.8) is 0 Å². The van der Waals surface area contributed by atoms with Crippen LogP contribution in [0.3, 0.4) is 0 Å². The van der Waals surface area contributed by atoms with Gasteiger partial charge < -0.3 is 10.1 Å². The molecule has 2 aromatic carbocycles. The van der Waals surface area contributed by atoms with Crippen LogP contribution in [-0.2, 0) is 9.84 Å². The molecule has 0 bridgehead atoms. The van der Waals surface area contributed by atoms with Gasteiger partial charge in [-0.25, -0.2) is 13.4 Å². The van der Waals surface area contributed by atoms with Crippen molar-refractivity contribution < 1.29 is 13.5 Å². The number of para-hydroxylation sites is 2. The zero-order chi connectivity index (χ0) is 15.2. The molecule has 6 heteroatoms. The van der Waals surface area contributed by atoms with E-state index >= 15 is 0 Å². The molecular formula is C15H14N2O3S. The van der Waals surface area contributed by atoms with E-state index in [9.17, 15) is 13.5 Å². The largest absolute Gasteiger partial charge is 0.507 e. The lowest BCUT2D eigenvalue weighted by molar-refractivity contribution is 0.473. The van der Waals surface area contributed by atoms with Crippen molar-refractivity contribution in [1.82, 2.24) is 9.97 Å². The standard InChI is InChI=1S/C15H14N2O3S/c1-9-5-3-6-10(14(9)18)15-16-11-7-4-8-12(13(11)17-15)21(2,19)20/h3-8,18H,1-2H3,(H,16,17). The van der Waals surface area contributed by atoms with Crippen LogP contribution in [0.15, 0.2) is 41.3 Å². The van der Waals surface area contributed by atoms with E-state index in [-0.39, 0.29) is 10.6 Å². The number of imidazole rings is 1. The van der Waals surface area contributed by atoms with E-state index in [0.29, 0.717) is 22.4 Å². The lowest BCUT2D eigenvalue weighted by Crippen LogP contribution is -1.97. The van der Waals surface area contributed by atoms with Crippen LogP contribution < -0.4 is 0 Å². The van der Waals surface area contributed by atoms with Crippen LogP contribution in [0.1, 0.15) is 5.56 Å². The molecule has 0 aliphatic rings. The Morgan fingerprint density at radius 2 is 1.86 bits per heavy atom. The third-order valence-corrected chi connectivity index (χ3v) is 4.50. The molecule has 0 saturated carbocycles. The number of hydrogen-bond acceptors (Lipinski definition) is 4. The highest BCUT2D eigenvalue weighted by Gasteiger charge is 2.17. The fourth-order valence-corrected chi connectivity index (χ4v) is 3.12. The number of sulfone groups is 1. The first-order valence-corrected chi connectivity index (χ1v) is 8.25. The zero-order valence-corrected chi connectivity index (χ0v) is 12.4. The topological polar surface area (TPSA) is 83.0 Å². The molecule has 1 aromatic heterocycles. The Morgan fingerprint density at radius 1 is 1.14 bits per heavy atom. The van der Waals surface area contributed by atoms with Crippen LogP contribution in [0.4, 0.5) is 0 Å². The zero-order valence-electron chi connectivity index (χ0n) is 11.6. The molecule has 2 N–H and O–H groups in total. The molecule has 0 radical (unpaired) electrons. The average molecular weight is 302 g/mol. The average Bonchev–Trinajstić information content (AvgIpc) is 2.84. The predicted molar refractivity (Wildman–Crippen MR) is 81.0 cm³/mol. The van der Waals surface area contributed by atoms with Crippen molar-refractivity contribution in [2.24, 2.45) is 0 Å². The van der Waals surface area contributed by atoms with E-state index in [4.69, 9.17) is 0 Å². The summed E-state index contributed by atoms with van der Waals surface area (Å²) in [6.07, 6.45) is 1.15. The van der Waals surface area contributed by atoms with E-state index in [1.807, 2.05) is 6.07 Å². The minimum Gasteiger partial charge on any atom is -0.507 e. The molecule has 5 nitrogen and oxygen atoms in total. The second-order valence-corrected chi connectivity index (χ2v) is 6.97. The van der Waals surface area contributed by atoms with Gasteiger partial charge in [0.25, 0.3) is 0 Å². The van der Waals surface area contributed by atoms with Crippen LogP contribution in [-0.4, -0.2) is 29.7 Å². The fraction of sp³-hybridized carbons (Fsp3) is 0.133. The van der Waals surface area contributed by atoms with Crippen LogP contribution in [0, 0.1) is 6.92 Å². The number of nitrogens with one attached hydrogen (secondary N) is 1. The number of nitrogens with zero attached hydrogens (tertiary/aromatic N) is 1. The van der Waals surface area contributed by atoms with E-state index in [0.717, 1.165) is 11.8 Å². The van der Waals surface area contributed by atoms with Crippen LogP contribution in [0.5, 0.6) is 5.75 Å². The van der Waals surface area contributed by atoms with Gasteiger partial charge in [0.05, 0.1) is 16.0 Å². The number of H-pyrrole nitrogens is 1. The summed E-state index contributed by atoms with van der Waals surface area (Å²) >= 11 is 0. The van der Waals surface area contributed by atoms with Crippen LogP contribution >= 0.6 is 0 Å². The molecule has 0 atom stereocenters. The number of aromatic amines is 1. The molecule has 21 heavy (non-hydrogen) atoms. The molecule has 0 aliphatic carbocycles. The molecule has 108 valence electrons. The second-order valence-electron chi connectivity index (χ2n) is 4.98. The van der Waals surface area contributed by atoms with Gasteiger partial charge in [-0.05, 0) is 30.7 Å². The van der Waals surface area contributed by atoms with Crippen molar-refractivity contribution >= 4 is 20.9 Å². The molecule has 0 spiro atoms. The van der Waals surface area contributed by atoms with Crippen molar-refractivity contribution in [1.29, 1.82) is 0 Å². The van der Waals surface area contributed by atoms with Crippen molar-refractivity contribution in [2.45, 2.75) is 11.8 Å². The SMILES string of the molecule is Cc1cccc(-c2nc3c(S(C)(=O)=O)cccc3[nH]2)c1O. The second kappa shape index (κ2) is 4.60. The first-order valence-electron chi connectivity index (χ1n) is 6.35. The summed E-state index contributed by atoms with van der Waals surface area (Å²) in [7, 11) is -3.36. The van der Waals surface area contributed by atoms with Gasteiger partial charge in [0, 0.05) is 6.26 Å². The highest BCUT2D eigenvalue weighted by Crippen LogP contribution is 2.32. The van der Waals surface area contributed by atoms with Crippen molar-refractivity contribution in [2.75, 3.05) is 6.26 Å². The molecule has 0 unspecified atom stereocenters. The molecule has 0 aliphatic heterocycles. The van der Waals surface area contributed by atoms with Gasteiger partial charge in [-0.1, -0.05) is 18.2 Å². The van der Waals surface area contributed by atoms with Gasteiger partial charge in [-0.2, -0.15) is 0 Å². The minimum atomic E-state index is -3.36. The molecule has 3 rings (SSSR count).